The summed E-state index contributed by atoms with van der Waals surface area (Å²) in [4.78, 5) is 24.8. The summed E-state index contributed by atoms with van der Waals surface area (Å²) in [5.41, 5.74) is 6.36. The Balaban J connectivity index is 1.51. The second kappa shape index (κ2) is 9.25. The number of carbonyl (C=O) groups excluding carboxylic acids is 1. The quantitative estimate of drug-likeness (QED) is 0.616. The Morgan fingerprint density at radius 2 is 2.04 bits per heavy atom. The van der Waals surface area contributed by atoms with Crippen molar-refractivity contribution < 1.29 is 24.2 Å². The lowest BCUT2D eigenvalue weighted by Gasteiger charge is -2.26. The summed E-state index contributed by atoms with van der Waals surface area (Å²) in [7, 11) is 0. The first kappa shape index (κ1) is 20.4. The van der Waals surface area contributed by atoms with Crippen molar-refractivity contribution in [2.75, 3.05) is 19.6 Å². The number of carboxylic acids is 1. The number of hydrogen-bond acceptors (Lipinski definition) is 6. The zero-order valence-corrected chi connectivity index (χ0v) is 16.2. The summed E-state index contributed by atoms with van der Waals surface area (Å²) >= 11 is 0. The van der Waals surface area contributed by atoms with Crippen LogP contribution in [0.25, 0.3) is 0 Å². The summed E-state index contributed by atoms with van der Waals surface area (Å²) < 4.78 is 11.3. The zero-order chi connectivity index (χ0) is 20.1. The summed E-state index contributed by atoms with van der Waals surface area (Å²) in [5.74, 6) is 0.181. The predicted octanol–water partition coefficient (Wildman–Crippen LogP) is 1.58. The molecular formula is C20H29N3O5. The fraction of sp³-hybridized carbons (Fsp3) is 0.600. The van der Waals surface area contributed by atoms with Gasteiger partial charge in [0.25, 0.3) is 6.29 Å². The molecule has 2 saturated heterocycles. The molecule has 0 spiro atoms. The van der Waals surface area contributed by atoms with E-state index < -0.39 is 18.3 Å². The van der Waals surface area contributed by atoms with E-state index in [1.165, 1.54) is 0 Å². The van der Waals surface area contributed by atoms with Crippen LogP contribution in [-0.2, 0) is 16.0 Å². The molecule has 4 N–H and O–H groups in total. The van der Waals surface area contributed by atoms with Crippen LogP contribution in [0.2, 0.25) is 0 Å². The molecule has 8 heteroatoms. The van der Waals surface area contributed by atoms with Gasteiger partial charge in [-0.2, -0.15) is 0 Å². The summed E-state index contributed by atoms with van der Waals surface area (Å²) in [5, 5.41) is 12.2. The van der Waals surface area contributed by atoms with Crippen molar-refractivity contribution in [1.29, 1.82) is 0 Å². The van der Waals surface area contributed by atoms with Crippen LogP contribution >= 0.6 is 0 Å². The standard InChI is InChI=1S/C20H29N3O5/c1-13-19(27-16-4-2-15(3-5-16)12-17(21)18(24)25)28-20(26)23(13)11-8-14-6-9-22-10-7-14/h2-5,13-14,17,19,22H,6-12,21H2,1H3,(H,24,25). The molecule has 0 saturated carbocycles. The lowest BCUT2D eigenvalue weighted by atomic mass is 9.94. The third kappa shape index (κ3) is 5.14. The van der Waals surface area contributed by atoms with Crippen LogP contribution in [-0.4, -0.2) is 60.1 Å². The van der Waals surface area contributed by atoms with E-state index in [1.54, 1.807) is 29.2 Å². The number of ether oxygens (including phenoxy) is 2. The lowest BCUT2D eigenvalue weighted by Crippen LogP contribution is -2.38. The Morgan fingerprint density at radius 3 is 2.68 bits per heavy atom. The predicted molar refractivity (Wildman–Crippen MR) is 103 cm³/mol. The van der Waals surface area contributed by atoms with E-state index in [2.05, 4.69) is 5.32 Å². The SMILES string of the molecule is CC1C(Oc2ccc(CC(N)C(=O)O)cc2)OC(=O)N1CCC1CCNCC1. The van der Waals surface area contributed by atoms with E-state index in [0.29, 0.717) is 18.2 Å². The van der Waals surface area contributed by atoms with Gasteiger partial charge in [0.05, 0.1) is 0 Å². The van der Waals surface area contributed by atoms with Crippen molar-refractivity contribution in [2.45, 2.75) is 51.0 Å². The highest BCUT2D eigenvalue weighted by molar-refractivity contribution is 5.73. The zero-order valence-electron chi connectivity index (χ0n) is 16.2. The van der Waals surface area contributed by atoms with Crippen LogP contribution in [0.15, 0.2) is 24.3 Å². The van der Waals surface area contributed by atoms with Crippen LogP contribution in [0.5, 0.6) is 5.75 Å². The van der Waals surface area contributed by atoms with Gasteiger partial charge in [-0.15, -0.1) is 0 Å². The van der Waals surface area contributed by atoms with Gasteiger partial charge < -0.3 is 25.6 Å². The maximum absolute atomic E-state index is 12.2. The lowest BCUT2D eigenvalue weighted by molar-refractivity contribution is -0.138. The molecular weight excluding hydrogens is 362 g/mol. The molecule has 0 radical (unpaired) electrons. The van der Waals surface area contributed by atoms with Gasteiger partial charge in [-0.25, -0.2) is 4.79 Å². The molecule has 2 fully saturated rings. The number of rotatable bonds is 8. The summed E-state index contributed by atoms with van der Waals surface area (Å²) in [6.07, 6.45) is 2.52. The molecule has 2 aliphatic heterocycles. The number of carboxylic acid groups (broad SMARTS) is 1. The van der Waals surface area contributed by atoms with Gasteiger partial charge in [-0.05, 0) is 69.3 Å². The highest BCUT2D eigenvalue weighted by Crippen LogP contribution is 2.25. The molecule has 1 aromatic rings. The molecule has 3 rings (SSSR count). The Labute approximate surface area is 165 Å². The Hall–Kier alpha value is -2.32. The number of aliphatic carboxylic acids is 1. The minimum Gasteiger partial charge on any atom is -0.480 e. The summed E-state index contributed by atoms with van der Waals surface area (Å²) in [6.45, 7) is 4.70. The van der Waals surface area contributed by atoms with E-state index in [0.717, 1.165) is 37.9 Å². The number of benzene rings is 1. The molecule has 3 unspecified atom stereocenters. The number of carbonyl (C=O) groups is 2. The number of hydrogen-bond donors (Lipinski definition) is 3. The average Bonchev–Trinajstić information content (AvgIpc) is 2.95. The molecule has 1 aromatic carbocycles. The molecule has 1 amide bonds. The average molecular weight is 391 g/mol. The Bertz CT molecular complexity index is 675. The Kier molecular flexibility index (Phi) is 6.74. The first-order valence-corrected chi connectivity index (χ1v) is 9.86. The number of nitrogens with one attached hydrogen (secondary N) is 1. The van der Waals surface area contributed by atoms with Gasteiger partial charge in [0.1, 0.15) is 17.8 Å². The number of amides is 1. The number of cyclic esters (lactones) is 1. The molecule has 2 heterocycles. The van der Waals surface area contributed by atoms with E-state index in [4.69, 9.17) is 20.3 Å². The minimum absolute atomic E-state index is 0.172. The van der Waals surface area contributed by atoms with E-state index in [-0.39, 0.29) is 18.6 Å². The van der Waals surface area contributed by atoms with Crippen LogP contribution in [0.1, 0.15) is 31.7 Å². The van der Waals surface area contributed by atoms with Gasteiger partial charge in [-0.3, -0.25) is 9.69 Å². The van der Waals surface area contributed by atoms with Crippen LogP contribution in [0, 0.1) is 5.92 Å². The third-order valence-electron chi connectivity index (χ3n) is 5.52. The maximum Gasteiger partial charge on any atom is 0.413 e. The fourth-order valence-corrected chi connectivity index (χ4v) is 3.67. The van der Waals surface area contributed by atoms with Crippen molar-refractivity contribution in [1.82, 2.24) is 10.2 Å². The molecule has 8 nitrogen and oxygen atoms in total. The van der Waals surface area contributed by atoms with Crippen molar-refractivity contribution in [2.24, 2.45) is 11.7 Å². The topological polar surface area (TPSA) is 114 Å². The summed E-state index contributed by atoms with van der Waals surface area (Å²) in [6, 6.07) is 5.91. The highest BCUT2D eigenvalue weighted by atomic mass is 16.7. The number of piperidine rings is 1. The first-order valence-electron chi connectivity index (χ1n) is 9.86. The molecule has 0 aliphatic carbocycles. The smallest absolute Gasteiger partial charge is 0.413 e. The fourth-order valence-electron chi connectivity index (χ4n) is 3.67. The largest absolute Gasteiger partial charge is 0.480 e. The van der Waals surface area contributed by atoms with Gasteiger partial charge in [0.15, 0.2) is 0 Å². The normalized spacial score (nSPS) is 24.1. The number of nitrogens with zero attached hydrogens (tertiary/aromatic N) is 1. The molecule has 2 aliphatic rings. The van der Waals surface area contributed by atoms with Gasteiger partial charge >= 0.3 is 12.1 Å². The molecule has 3 atom stereocenters. The van der Waals surface area contributed by atoms with Crippen molar-refractivity contribution in [3.8, 4) is 5.75 Å². The molecule has 28 heavy (non-hydrogen) atoms. The molecule has 0 bridgehead atoms. The molecule has 0 aromatic heterocycles. The Morgan fingerprint density at radius 1 is 1.36 bits per heavy atom. The first-order chi connectivity index (χ1) is 13.4. The molecule has 154 valence electrons. The van der Waals surface area contributed by atoms with Crippen molar-refractivity contribution in [3.63, 3.8) is 0 Å². The van der Waals surface area contributed by atoms with Crippen LogP contribution < -0.4 is 15.8 Å². The van der Waals surface area contributed by atoms with Gasteiger partial charge in [0.2, 0.25) is 0 Å². The second-order valence-electron chi connectivity index (χ2n) is 7.58. The third-order valence-corrected chi connectivity index (χ3v) is 5.52. The second-order valence-corrected chi connectivity index (χ2v) is 7.58. The minimum atomic E-state index is -1.03. The van der Waals surface area contributed by atoms with E-state index >= 15 is 0 Å². The van der Waals surface area contributed by atoms with Crippen LogP contribution in [0.4, 0.5) is 4.79 Å². The van der Waals surface area contributed by atoms with E-state index in [1.807, 2.05) is 6.92 Å². The van der Waals surface area contributed by atoms with Gasteiger partial charge in [-0.1, -0.05) is 12.1 Å². The maximum atomic E-state index is 12.2. The monoisotopic (exact) mass is 391 g/mol. The van der Waals surface area contributed by atoms with Gasteiger partial charge in [0, 0.05) is 6.54 Å². The highest BCUT2D eigenvalue weighted by Gasteiger charge is 2.40. The van der Waals surface area contributed by atoms with Crippen LogP contribution in [0.3, 0.4) is 0 Å². The van der Waals surface area contributed by atoms with Crippen molar-refractivity contribution >= 4 is 12.1 Å². The van der Waals surface area contributed by atoms with Crippen molar-refractivity contribution in [3.05, 3.63) is 29.8 Å². The number of nitrogens with two attached hydrogens (primary N) is 1. The van der Waals surface area contributed by atoms with E-state index in [9.17, 15) is 9.59 Å².